The molecule has 2 aromatic carbocycles. The molecule has 27 heavy (non-hydrogen) atoms. The summed E-state index contributed by atoms with van der Waals surface area (Å²) in [6, 6.07) is 13.3. The van der Waals surface area contributed by atoms with E-state index in [4.69, 9.17) is 13.9 Å². The molecule has 3 aromatic rings. The fourth-order valence-electron chi connectivity index (χ4n) is 3.13. The molecule has 0 saturated carbocycles. The van der Waals surface area contributed by atoms with Crippen molar-refractivity contribution in [1.29, 1.82) is 0 Å². The van der Waals surface area contributed by atoms with E-state index >= 15 is 0 Å². The largest absolute Gasteiger partial charge is 0.461 e. The molecule has 3 rings (SSSR count). The van der Waals surface area contributed by atoms with Crippen LogP contribution in [-0.2, 0) is 4.74 Å². The van der Waals surface area contributed by atoms with Gasteiger partial charge in [0.25, 0.3) is 5.91 Å². The van der Waals surface area contributed by atoms with Crippen molar-refractivity contribution in [1.82, 2.24) is 5.32 Å². The maximum Gasteiger partial charge on any atom is 0.255 e. The molecule has 5 heteroatoms. The molecule has 142 valence electrons. The normalized spacial score (nSPS) is 11.6. The number of ether oxygens (including phenoxy) is 2. The summed E-state index contributed by atoms with van der Waals surface area (Å²) in [5.41, 5.74) is 1.80. The SMILES string of the molecule is COCC(C)(C)NC(=O)c1c(C)oc2ccc(Oc3cccc(C)c3)cc12. The molecule has 0 aliphatic rings. The van der Waals surface area contributed by atoms with E-state index in [1.54, 1.807) is 14.0 Å². The van der Waals surface area contributed by atoms with E-state index < -0.39 is 5.54 Å². The molecule has 0 unspecified atom stereocenters. The lowest BCUT2D eigenvalue weighted by molar-refractivity contribution is 0.0820. The highest BCUT2D eigenvalue weighted by molar-refractivity contribution is 6.07. The van der Waals surface area contributed by atoms with E-state index in [0.717, 1.165) is 16.7 Å². The number of nitrogens with one attached hydrogen (secondary N) is 1. The average Bonchev–Trinajstić information content (AvgIpc) is 2.89. The number of furan rings is 1. The van der Waals surface area contributed by atoms with E-state index in [2.05, 4.69) is 5.32 Å². The Hall–Kier alpha value is -2.79. The summed E-state index contributed by atoms with van der Waals surface area (Å²) in [7, 11) is 1.61. The van der Waals surface area contributed by atoms with E-state index in [1.807, 2.05) is 63.2 Å². The highest BCUT2D eigenvalue weighted by atomic mass is 16.5. The minimum atomic E-state index is -0.489. The van der Waals surface area contributed by atoms with E-state index in [1.165, 1.54) is 0 Å². The van der Waals surface area contributed by atoms with Crippen LogP contribution in [-0.4, -0.2) is 25.2 Å². The van der Waals surface area contributed by atoms with Gasteiger partial charge in [-0.25, -0.2) is 0 Å². The fourth-order valence-corrected chi connectivity index (χ4v) is 3.13. The predicted octanol–water partition coefficient (Wildman–Crippen LogP) is 5.00. The van der Waals surface area contributed by atoms with Crippen LogP contribution in [0.15, 0.2) is 46.9 Å². The van der Waals surface area contributed by atoms with Crippen LogP contribution in [0.4, 0.5) is 0 Å². The third kappa shape index (κ3) is 4.31. The Morgan fingerprint density at radius 1 is 1.11 bits per heavy atom. The highest BCUT2D eigenvalue weighted by Gasteiger charge is 2.25. The minimum Gasteiger partial charge on any atom is -0.461 e. The van der Waals surface area contributed by atoms with Crippen LogP contribution >= 0.6 is 0 Å². The van der Waals surface area contributed by atoms with Crippen LogP contribution in [0.3, 0.4) is 0 Å². The molecule has 0 atom stereocenters. The Bertz CT molecular complexity index is 972. The molecule has 0 saturated heterocycles. The highest BCUT2D eigenvalue weighted by Crippen LogP contribution is 2.31. The van der Waals surface area contributed by atoms with Gasteiger partial charge >= 0.3 is 0 Å². The Kier molecular flexibility index (Phi) is 5.24. The first kappa shape index (κ1) is 19.0. The van der Waals surface area contributed by atoms with Crippen LogP contribution < -0.4 is 10.1 Å². The Balaban J connectivity index is 1.94. The van der Waals surface area contributed by atoms with Gasteiger partial charge < -0.3 is 19.2 Å². The van der Waals surface area contributed by atoms with E-state index in [9.17, 15) is 4.79 Å². The number of amides is 1. The lowest BCUT2D eigenvalue weighted by atomic mass is 10.0. The third-order valence-electron chi connectivity index (χ3n) is 4.24. The number of methoxy groups -OCH3 is 1. The number of hydrogen-bond donors (Lipinski definition) is 1. The van der Waals surface area contributed by atoms with Crippen molar-refractivity contribution >= 4 is 16.9 Å². The Morgan fingerprint density at radius 3 is 2.56 bits per heavy atom. The van der Waals surface area contributed by atoms with Gasteiger partial charge in [-0.2, -0.15) is 0 Å². The number of carbonyl (C=O) groups is 1. The van der Waals surface area contributed by atoms with Gasteiger partial charge in [0.2, 0.25) is 0 Å². The quantitative estimate of drug-likeness (QED) is 0.666. The number of aryl methyl sites for hydroxylation is 2. The van der Waals surface area contributed by atoms with Crippen molar-refractivity contribution in [3.8, 4) is 11.5 Å². The molecule has 0 aliphatic carbocycles. The topological polar surface area (TPSA) is 60.7 Å². The first-order chi connectivity index (χ1) is 12.8. The molecule has 0 aliphatic heterocycles. The fraction of sp³-hybridized carbons (Fsp3) is 0.318. The summed E-state index contributed by atoms with van der Waals surface area (Å²) in [5.74, 6) is 1.78. The Labute approximate surface area is 159 Å². The van der Waals surface area contributed by atoms with Crippen molar-refractivity contribution in [3.05, 3.63) is 59.4 Å². The Morgan fingerprint density at radius 2 is 1.85 bits per heavy atom. The van der Waals surface area contributed by atoms with Crippen molar-refractivity contribution in [2.75, 3.05) is 13.7 Å². The molecular weight excluding hydrogens is 342 g/mol. The lowest BCUT2D eigenvalue weighted by Gasteiger charge is -2.25. The summed E-state index contributed by atoms with van der Waals surface area (Å²) in [6.45, 7) is 8.05. The zero-order chi connectivity index (χ0) is 19.6. The molecule has 1 heterocycles. The summed E-state index contributed by atoms with van der Waals surface area (Å²) >= 11 is 0. The zero-order valence-corrected chi connectivity index (χ0v) is 16.4. The van der Waals surface area contributed by atoms with E-state index in [-0.39, 0.29) is 5.91 Å². The third-order valence-corrected chi connectivity index (χ3v) is 4.24. The van der Waals surface area contributed by atoms with Crippen molar-refractivity contribution < 1.29 is 18.7 Å². The molecule has 1 N–H and O–H groups in total. The molecule has 1 aromatic heterocycles. The number of rotatable bonds is 6. The molecule has 1 amide bonds. The predicted molar refractivity (Wildman–Crippen MR) is 106 cm³/mol. The van der Waals surface area contributed by atoms with Crippen LogP contribution in [0.5, 0.6) is 11.5 Å². The number of carbonyl (C=O) groups excluding carboxylic acids is 1. The maximum absolute atomic E-state index is 12.9. The average molecular weight is 367 g/mol. The van der Waals surface area contributed by atoms with Gasteiger partial charge in [0, 0.05) is 12.5 Å². The smallest absolute Gasteiger partial charge is 0.255 e. The van der Waals surface area contributed by atoms with Gasteiger partial charge in [0.15, 0.2) is 0 Å². The molecule has 0 fully saturated rings. The second kappa shape index (κ2) is 7.45. The summed E-state index contributed by atoms with van der Waals surface area (Å²) in [4.78, 5) is 12.9. The summed E-state index contributed by atoms with van der Waals surface area (Å²) in [5, 5.41) is 3.73. The number of benzene rings is 2. The van der Waals surface area contributed by atoms with Crippen LogP contribution in [0, 0.1) is 13.8 Å². The number of hydrogen-bond acceptors (Lipinski definition) is 4. The molecule has 5 nitrogen and oxygen atoms in total. The van der Waals surface area contributed by atoms with Crippen LogP contribution in [0.25, 0.3) is 11.0 Å². The van der Waals surface area contributed by atoms with Gasteiger partial charge in [-0.15, -0.1) is 0 Å². The van der Waals surface area contributed by atoms with E-state index in [0.29, 0.717) is 29.3 Å². The monoisotopic (exact) mass is 367 g/mol. The summed E-state index contributed by atoms with van der Waals surface area (Å²) < 4.78 is 16.9. The van der Waals surface area contributed by atoms with Crippen molar-refractivity contribution in [2.24, 2.45) is 0 Å². The maximum atomic E-state index is 12.9. The first-order valence-electron chi connectivity index (χ1n) is 8.88. The number of fused-ring (bicyclic) bond motifs is 1. The van der Waals surface area contributed by atoms with Crippen molar-refractivity contribution in [3.63, 3.8) is 0 Å². The standard InChI is InChI=1S/C22H25NO4/c1-14-7-6-8-16(11-14)27-17-9-10-19-18(12-17)20(15(2)26-19)21(24)23-22(3,4)13-25-5/h6-12H,13H2,1-5H3,(H,23,24). The van der Waals surface area contributed by atoms with Crippen LogP contribution in [0.2, 0.25) is 0 Å². The van der Waals surface area contributed by atoms with Gasteiger partial charge in [-0.05, 0) is 63.6 Å². The van der Waals surface area contributed by atoms with Crippen LogP contribution in [0.1, 0.15) is 35.5 Å². The zero-order valence-electron chi connectivity index (χ0n) is 16.4. The second-order valence-electron chi connectivity index (χ2n) is 7.38. The van der Waals surface area contributed by atoms with Gasteiger partial charge in [-0.3, -0.25) is 4.79 Å². The molecular formula is C22H25NO4. The first-order valence-corrected chi connectivity index (χ1v) is 8.88. The minimum absolute atomic E-state index is 0.194. The second-order valence-corrected chi connectivity index (χ2v) is 7.38. The molecule has 0 bridgehead atoms. The molecule has 0 spiro atoms. The van der Waals surface area contributed by atoms with Gasteiger partial charge in [-0.1, -0.05) is 12.1 Å². The lowest BCUT2D eigenvalue weighted by Crippen LogP contribution is -2.46. The molecule has 0 radical (unpaired) electrons. The van der Waals surface area contributed by atoms with Gasteiger partial charge in [0.1, 0.15) is 22.8 Å². The van der Waals surface area contributed by atoms with Crippen molar-refractivity contribution in [2.45, 2.75) is 33.2 Å². The summed E-state index contributed by atoms with van der Waals surface area (Å²) in [6.07, 6.45) is 0. The van der Waals surface area contributed by atoms with Gasteiger partial charge in [0.05, 0.1) is 17.7 Å².